The molecule has 270 valence electrons. The molecule has 0 radical (unpaired) electrons. The number of ketones is 1. The number of rotatable bonds is 8. The van der Waals surface area contributed by atoms with Crippen LogP contribution in [0.4, 0.5) is 0 Å². The highest BCUT2D eigenvalue weighted by Crippen LogP contribution is 2.66. The average Bonchev–Trinajstić information content (AvgIpc) is 3.77. The molecule has 0 bridgehead atoms. The molecule has 6 aliphatic rings. The van der Waals surface area contributed by atoms with Crippen molar-refractivity contribution in [2.75, 3.05) is 55.6 Å². The number of benzene rings is 2. The largest absolute Gasteiger partial charge is 0.493 e. The molecule has 9 nitrogen and oxygen atoms in total. The third-order valence-electron chi connectivity index (χ3n) is 14.5. The molecule has 7 atom stereocenters. The van der Waals surface area contributed by atoms with Crippen molar-refractivity contribution in [2.45, 2.75) is 106 Å². The monoisotopic (exact) mass is 685 g/mol. The zero-order valence-corrected chi connectivity index (χ0v) is 30.8. The molecule has 3 saturated heterocycles. The Morgan fingerprint density at radius 1 is 0.700 bits per heavy atom. The second-order valence-corrected chi connectivity index (χ2v) is 16.3. The minimum absolute atomic E-state index is 0.0430. The number of nitrogens with zero attached hydrogens (tertiary/aromatic N) is 3. The number of amides is 1. The van der Waals surface area contributed by atoms with Crippen molar-refractivity contribution in [3.05, 3.63) is 47.5 Å². The molecule has 1 amide bonds. The number of likely N-dealkylation sites (N-methyl/N-ethyl adjacent to an activating group) is 2. The van der Waals surface area contributed by atoms with Gasteiger partial charge in [0.25, 0.3) is 0 Å². The number of ether oxygens (including phenoxy) is 4. The summed E-state index contributed by atoms with van der Waals surface area (Å²) >= 11 is 0. The summed E-state index contributed by atoms with van der Waals surface area (Å²) in [5, 5.41) is 0. The van der Waals surface area contributed by atoms with E-state index in [1.54, 1.807) is 28.4 Å². The standard InChI is InChI=1S/C41H55N3O6/c1-42-21-19-39(26-9-11-31(47-3)33(22-26)49-5)15-13-28(24-35(39)42)44-20-7-8-29(37(44)46)30-25-41(27-10-12-32(48-4)34(23-27)50-6)16-14-36(45)40(17-18-40)38(41)43(30)2/h9-12,22-23,28-30,35,38H,7-8,13-21,24-25H2,1-6H3/t28-,29?,30?,35+,38+,39+,41+/m1/s1. The number of piperidine rings is 1. The van der Waals surface area contributed by atoms with E-state index in [2.05, 4.69) is 53.1 Å². The molecule has 1 spiro atoms. The van der Waals surface area contributed by atoms with Crippen LogP contribution in [0.3, 0.4) is 0 Å². The van der Waals surface area contributed by atoms with E-state index in [4.69, 9.17) is 18.9 Å². The fraction of sp³-hybridized carbons (Fsp3) is 0.659. The molecule has 2 aromatic rings. The number of methoxy groups -OCH3 is 4. The number of hydrogen-bond donors (Lipinski definition) is 0. The van der Waals surface area contributed by atoms with Gasteiger partial charge in [-0.1, -0.05) is 12.1 Å². The van der Waals surface area contributed by atoms with E-state index in [1.807, 2.05) is 12.1 Å². The Morgan fingerprint density at radius 3 is 1.96 bits per heavy atom. The van der Waals surface area contributed by atoms with Crippen LogP contribution in [0.25, 0.3) is 0 Å². The molecule has 6 fully saturated rings. The van der Waals surface area contributed by atoms with E-state index >= 15 is 0 Å². The van der Waals surface area contributed by atoms with Gasteiger partial charge >= 0.3 is 0 Å². The quantitative estimate of drug-likeness (QED) is 0.355. The molecular weight excluding hydrogens is 630 g/mol. The first-order valence-electron chi connectivity index (χ1n) is 18.9. The van der Waals surface area contributed by atoms with Crippen LogP contribution >= 0.6 is 0 Å². The Labute approximate surface area is 297 Å². The van der Waals surface area contributed by atoms with Gasteiger partial charge in [0, 0.05) is 53.4 Å². The van der Waals surface area contributed by atoms with Gasteiger partial charge in [0.05, 0.1) is 34.4 Å². The van der Waals surface area contributed by atoms with Crippen LogP contribution in [-0.2, 0) is 20.4 Å². The highest BCUT2D eigenvalue weighted by molar-refractivity contribution is 5.90. The summed E-state index contributed by atoms with van der Waals surface area (Å²) < 4.78 is 22.7. The Kier molecular flexibility index (Phi) is 8.41. The van der Waals surface area contributed by atoms with Crippen LogP contribution in [0.5, 0.6) is 23.0 Å². The third kappa shape index (κ3) is 4.85. The summed E-state index contributed by atoms with van der Waals surface area (Å²) in [6.45, 7) is 1.89. The summed E-state index contributed by atoms with van der Waals surface area (Å²) in [6.07, 6.45) is 10.3. The van der Waals surface area contributed by atoms with Gasteiger partial charge in [0.2, 0.25) is 5.91 Å². The lowest BCUT2D eigenvalue weighted by atomic mass is 9.60. The van der Waals surface area contributed by atoms with Gasteiger partial charge in [-0.2, -0.15) is 0 Å². The Hall–Kier alpha value is -3.30. The van der Waals surface area contributed by atoms with Crippen LogP contribution in [0, 0.1) is 11.3 Å². The van der Waals surface area contributed by atoms with Gasteiger partial charge < -0.3 is 28.7 Å². The second kappa shape index (κ2) is 12.4. The summed E-state index contributed by atoms with van der Waals surface area (Å²) in [5.41, 5.74) is 2.08. The van der Waals surface area contributed by atoms with Crippen molar-refractivity contribution in [2.24, 2.45) is 11.3 Å². The van der Waals surface area contributed by atoms with Gasteiger partial charge in [-0.15, -0.1) is 0 Å². The van der Waals surface area contributed by atoms with Crippen LogP contribution in [0.1, 0.15) is 81.8 Å². The number of likely N-dealkylation sites (tertiary alicyclic amines) is 3. The van der Waals surface area contributed by atoms with E-state index in [0.717, 1.165) is 94.5 Å². The number of hydrogen-bond acceptors (Lipinski definition) is 8. The predicted octanol–water partition coefficient (Wildman–Crippen LogP) is 5.61. The first-order valence-corrected chi connectivity index (χ1v) is 18.9. The molecule has 0 N–H and O–H groups in total. The van der Waals surface area contributed by atoms with Gasteiger partial charge in [-0.25, -0.2) is 0 Å². The molecule has 2 aromatic carbocycles. The minimum Gasteiger partial charge on any atom is -0.493 e. The molecule has 2 unspecified atom stereocenters. The topological polar surface area (TPSA) is 80.8 Å². The summed E-state index contributed by atoms with van der Waals surface area (Å²) in [5.74, 6) is 3.67. The van der Waals surface area contributed by atoms with Crippen LogP contribution in [0.15, 0.2) is 36.4 Å². The van der Waals surface area contributed by atoms with Gasteiger partial charge in [0.15, 0.2) is 23.0 Å². The van der Waals surface area contributed by atoms with Crippen molar-refractivity contribution >= 4 is 11.7 Å². The predicted molar refractivity (Wildman–Crippen MR) is 191 cm³/mol. The van der Waals surface area contributed by atoms with Crippen molar-refractivity contribution in [1.82, 2.24) is 14.7 Å². The number of fused-ring (bicyclic) bond motifs is 3. The summed E-state index contributed by atoms with van der Waals surface area (Å²) in [7, 11) is 11.2. The average molecular weight is 686 g/mol. The SMILES string of the molecule is COc1ccc([C@@]23CC[C@@H](N4CCCC(C5C[C@]6(c7ccc(OC)c(OC)c7)CCC(=O)C7(CC7)[C@@H]6N5C)C4=O)C[C@@H]2N(C)CC3)cc1OC. The Bertz CT molecular complexity index is 1660. The first-order chi connectivity index (χ1) is 24.2. The van der Waals surface area contributed by atoms with Crippen molar-refractivity contribution < 1.29 is 28.5 Å². The lowest BCUT2D eigenvalue weighted by Gasteiger charge is -2.49. The maximum absolute atomic E-state index is 14.9. The molecule has 3 aliphatic heterocycles. The van der Waals surface area contributed by atoms with Gasteiger partial charge in [-0.3, -0.25) is 14.5 Å². The molecule has 0 aromatic heterocycles. The Balaban J connectivity index is 1.07. The smallest absolute Gasteiger partial charge is 0.227 e. The van der Waals surface area contributed by atoms with E-state index in [1.165, 1.54) is 11.1 Å². The number of carbonyl (C=O) groups is 2. The molecule has 9 heteroatoms. The van der Waals surface area contributed by atoms with Crippen molar-refractivity contribution in [3.63, 3.8) is 0 Å². The third-order valence-corrected chi connectivity index (χ3v) is 14.5. The zero-order chi connectivity index (χ0) is 35.0. The van der Waals surface area contributed by atoms with Crippen molar-refractivity contribution in [3.8, 4) is 23.0 Å². The zero-order valence-electron chi connectivity index (χ0n) is 30.8. The second-order valence-electron chi connectivity index (χ2n) is 16.3. The highest BCUT2D eigenvalue weighted by atomic mass is 16.5. The molecule has 50 heavy (non-hydrogen) atoms. The lowest BCUT2D eigenvalue weighted by molar-refractivity contribution is -0.145. The van der Waals surface area contributed by atoms with Crippen LogP contribution in [-0.4, -0.2) is 106 Å². The first kappa shape index (κ1) is 33.8. The van der Waals surface area contributed by atoms with Crippen molar-refractivity contribution in [1.29, 1.82) is 0 Å². The molecular formula is C41H55N3O6. The van der Waals surface area contributed by atoms with Gasteiger partial charge in [-0.05, 0) is 120 Å². The minimum atomic E-state index is -0.295. The maximum Gasteiger partial charge on any atom is 0.227 e. The number of Topliss-reactive ketones (excluding diaryl/α,β-unsaturated/α-hetero) is 1. The fourth-order valence-electron chi connectivity index (χ4n) is 12.0. The molecule has 3 saturated carbocycles. The lowest BCUT2D eigenvalue weighted by Crippen LogP contribution is -2.58. The van der Waals surface area contributed by atoms with E-state index in [9.17, 15) is 9.59 Å². The molecule has 8 rings (SSSR count). The maximum atomic E-state index is 14.9. The van der Waals surface area contributed by atoms with E-state index in [-0.39, 0.29) is 40.3 Å². The summed E-state index contributed by atoms with van der Waals surface area (Å²) in [6, 6.07) is 13.6. The Morgan fingerprint density at radius 2 is 1.34 bits per heavy atom. The fourth-order valence-corrected chi connectivity index (χ4v) is 12.0. The molecule has 3 heterocycles. The van der Waals surface area contributed by atoms with E-state index in [0.29, 0.717) is 29.9 Å². The van der Waals surface area contributed by atoms with Crippen LogP contribution < -0.4 is 18.9 Å². The highest BCUT2D eigenvalue weighted by Gasteiger charge is 2.70. The number of carbonyl (C=O) groups excluding carboxylic acids is 2. The van der Waals surface area contributed by atoms with Gasteiger partial charge in [0.1, 0.15) is 5.78 Å². The summed E-state index contributed by atoms with van der Waals surface area (Å²) in [4.78, 5) is 35.8. The van der Waals surface area contributed by atoms with E-state index < -0.39 is 0 Å². The molecule has 3 aliphatic carbocycles. The van der Waals surface area contributed by atoms with Crippen LogP contribution in [0.2, 0.25) is 0 Å². The normalized spacial score (nSPS) is 35.2.